The lowest BCUT2D eigenvalue weighted by atomic mass is 9.96. The normalized spacial score (nSPS) is 11.2. The number of hydrogen-bond acceptors (Lipinski definition) is 3. The predicted molar refractivity (Wildman–Crippen MR) is 78.5 cm³/mol. The van der Waals surface area contributed by atoms with Crippen LogP contribution < -0.4 is 0 Å². The minimum atomic E-state index is 0.211. The smallest absolute Gasteiger partial charge is 0.125 e. The Morgan fingerprint density at radius 3 is 2.65 bits per heavy atom. The zero-order chi connectivity index (χ0) is 13.5. The van der Waals surface area contributed by atoms with Gasteiger partial charge < -0.3 is 5.11 Å². The molecular formula is C16H11N3O. The molecule has 0 aliphatic carbocycles. The first-order chi connectivity index (χ1) is 9.84. The van der Waals surface area contributed by atoms with E-state index in [1.807, 2.05) is 30.3 Å². The number of H-pyrrole nitrogens is 1. The number of hydrogen-bond donors (Lipinski definition) is 2. The summed E-state index contributed by atoms with van der Waals surface area (Å²) in [5.74, 6) is 0.211. The van der Waals surface area contributed by atoms with Crippen LogP contribution in [0.2, 0.25) is 0 Å². The van der Waals surface area contributed by atoms with Gasteiger partial charge in [0, 0.05) is 0 Å². The highest BCUT2D eigenvalue weighted by Crippen LogP contribution is 2.38. The van der Waals surface area contributed by atoms with Crippen LogP contribution in [0.25, 0.3) is 32.9 Å². The molecule has 0 spiro atoms. The lowest BCUT2D eigenvalue weighted by molar-refractivity contribution is 0.478. The molecule has 0 atom stereocenters. The zero-order valence-electron chi connectivity index (χ0n) is 10.5. The highest BCUT2D eigenvalue weighted by Gasteiger charge is 2.14. The zero-order valence-corrected chi connectivity index (χ0v) is 10.5. The summed E-state index contributed by atoms with van der Waals surface area (Å²) >= 11 is 0. The molecule has 0 fully saturated rings. The molecule has 2 N–H and O–H groups in total. The van der Waals surface area contributed by atoms with Crippen molar-refractivity contribution in [3.05, 3.63) is 54.6 Å². The van der Waals surface area contributed by atoms with E-state index >= 15 is 0 Å². The lowest BCUT2D eigenvalue weighted by Gasteiger charge is -2.09. The van der Waals surface area contributed by atoms with E-state index < -0.39 is 0 Å². The average Bonchev–Trinajstić information content (AvgIpc) is 2.95. The van der Waals surface area contributed by atoms with Gasteiger partial charge in [0.1, 0.15) is 16.8 Å². The Kier molecular flexibility index (Phi) is 2.23. The van der Waals surface area contributed by atoms with Crippen molar-refractivity contribution in [2.45, 2.75) is 0 Å². The maximum atomic E-state index is 10.3. The molecule has 4 aromatic rings. The van der Waals surface area contributed by atoms with Crippen LogP contribution in [0.3, 0.4) is 0 Å². The number of fused-ring (bicyclic) bond motifs is 2. The minimum Gasteiger partial charge on any atom is -0.507 e. The van der Waals surface area contributed by atoms with Crippen LogP contribution in [0, 0.1) is 0 Å². The molecule has 0 bridgehead atoms. The van der Waals surface area contributed by atoms with Gasteiger partial charge >= 0.3 is 0 Å². The minimum absolute atomic E-state index is 0.211. The molecule has 0 saturated carbocycles. The topological polar surface area (TPSA) is 61.8 Å². The van der Waals surface area contributed by atoms with Gasteiger partial charge in [0.2, 0.25) is 0 Å². The van der Waals surface area contributed by atoms with Crippen LogP contribution in [0.15, 0.2) is 54.6 Å². The lowest BCUT2D eigenvalue weighted by Crippen LogP contribution is -1.85. The van der Waals surface area contributed by atoms with Gasteiger partial charge in [-0.15, -0.1) is 0 Å². The molecule has 0 unspecified atom stereocenters. The fourth-order valence-corrected chi connectivity index (χ4v) is 2.61. The Morgan fingerprint density at radius 1 is 0.850 bits per heavy atom. The summed E-state index contributed by atoms with van der Waals surface area (Å²) in [6.07, 6.45) is 0. The van der Waals surface area contributed by atoms with Crippen LogP contribution in [0.4, 0.5) is 0 Å². The van der Waals surface area contributed by atoms with E-state index in [1.165, 1.54) is 0 Å². The van der Waals surface area contributed by atoms with Crippen molar-refractivity contribution in [1.82, 2.24) is 15.4 Å². The Balaban J connectivity index is 2.16. The summed E-state index contributed by atoms with van der Waals surface area (Å²) in [6, 6.07) is 17.5. The number of aromatic nitrogens is 3. The summed E-state index contributed by atoms with van der Waals surface area (Å²) in [5, 5.41) is 23.3. The molecule has 3 aromatic carbocycles. The first kappa shape index (κ1) is 11.0. The van der Waals surface area contributed by atoms with Crippen molar-refractivity contribution < 1.29 is 5.11 Å². The predicted octanol–water partition coefficient (Wildman–Crippen LogP) is 3.48. The van der Waals surface area contributed by atoms with E-state index in [2.05, 4.69) is 27.5 Å². The summed E-state index contributed by atoms with van der Waals surface area (Å²) in [7, 11) is 0. The van der Waals surface area contributed by atoms with Crippen molar-refractivity contribution >= 4 is 21.8 Å². The van der Waals surface area contributed by atoms with Crippen molar-refractivity contribution in [2.75, 3.05) is 0 Å². The number of rotatable bonds is 1. The molecule has 1 aromatic heterocycles. The Hall–Kier alpha value is -2.88. The highest BCUT2D eigenvalue weighted by atomic mass is 16.3. The van der Waals surface area contributed by atoms with Crippen LogP contribution in [0.1, 0.15) is 0 Å². The molecular weight excluding hydrogens is 250 g/mol. The SMILES string of the molecule is Oc1ccc2n[nH]nc2c1-c1cccc2ccccc12. The van der Waals surface area contributed by atoms with Crippen LogP contribution in [-0.2, 0) is 0 Å². The Morgan fingerprint density at radius 2 is 1.70 bits per heavy atom. The van der Waals surface area contributed by atoms with Crippen LogP contribution in [0.5, 0.6) is 5.75 Å². The molecule has 0 amide bonds. The third-order valence-electron chi connectivity index (χ3n) is 3.53. The number of nitrogens with one attached hydrogen (secondary N) is 1. The van der Waals surface area contributed by atoms with Crippen molar-refractivity contribution in [3.63, 3.8) is 0 Å². The van der Waals surface area contributed by atoms with E-state index in [4.69, 9.17) is 0 Å². The second-order valence-electron chi connectivity index (χ2n) is 4.68. The van der Waals surface area contributed by atoms with Gasteiger partial charge in [-0.3, -0.25) is 0 Å². The number of nitrogens with zero attached hydrogens (tertiary/aromatic N) is 2. The fraction of sp³-hybridized carbons (Fsp3) is 0. The van der Waals surface area contributed by atoms with E-state index in [0.29, 0.717) is 11.1 Å². The molecule has 0 aliphatic rings. The molecule has 96 valence electrons. The Labute approximate surface area is 114 Å². The first-order valence-electron chi connectivity index (χ1n) is 6.35. The van der Waals surface area contributed by atoms with Gasteiger partial charge in [-0.05, 0) is 28.5 Å². The van der Waals surface area contributed by atoms with Crippen LogP contribution in [-0.4, -0.2) is 20.5 Å². The number of aromatic hydroxyl groups is 1. The van der Waals surface area contributed by atoms with Crippen LogP contribution >= 0.6 is 0 Å². The first-order valence-corrected chi connectivity index (χ1v) is 6.35. The highest BCUT2D eigenvalue weighted by molar-refractivity contribution is 6.05. The van der Waals surface area contributed by atoms with Gasteiger partial charge in [-0.2, -0.15) is 15.4 Å². The Bertz CT molecular complexity index is 922. The maximum absolute atomic E-state index is 10.3. The molecule has 0 aliphatic heterocycles. The van der Waals surface area contributed by atoms with E-state index in [9.17, 15) is 5.11 Å². The molecule has 4 heteroatoms. The van der Waals surface area contributed by atoms with Gasteiger partial charge in [0.25, 0.3) is 0 Å². The third kappa shape index (κ3) is 1.48. The molecule has 0 saturated heterocycles. The number of phenolic OH excluding ortho intramolecular Hbond substituents is 1. The van der Waals surface area contributed by atoms with E-state index in [-0.39, 0.29) is 5.75 Å². The summed E-state index contributed by atoms with van der Waals surface area (Å²) in [4.78, 5) is 0. The molecule has 20 heavy (non-hydrogen) atoms. The van der Waals surface area contributed by atoms with Crippen molar-refractivity contribution in [1.29, 1.82) is 0 Å². The van der Waals surface area contributed by atoms with E-state index in [0.717, 1.165) is 21.9 Å². The molecule has 4 rings (SSSR count). The fourth-order valence-electron chi connectivity index (χ4n) is 2.61. The quantitative estimate of drug-likeness (QED) is 0.551. The van der Waals surface area contributed by atoms with Crippen molar-refractivity contribution in [2.24, 2.45) is 0 Å². The van der Waals surface area contributed by atoms with Crippen molar-refractivity contribution in [3.8, 4) is 16.9 Å². The number of phenols is 1. The van der Waals surface area contributed by atoms with E-state index in [1.54, 1.807) is 12.1 Å². The second kappa shape index (κ2) is 4.06. The third-order valence-corrected chi connectivity index (χ3v) is 3.53. The standard InChI is InChI=1S/C16H11N3O/c20-14-9-8-13-16(18-19-17-13)15(14)12-7-3-5-10-4-1-2-6-11(10)12/h1-9,20H,(H,17,18,19). The van der Waals surface area contributed by atoms with Gasteiger partial charge in [-0.25, -0.2) is 0 Å². The second-order valence-corrected chi connectivity index (χ2v) is 4.68. The molecule has 0 radical (unpaired) electrons. The maximum Gasteiger partial charge on any atom is 0.125 e. The molecule has 4 nitrogen and oxygen atoms in total. The number of aromatic amines is 1. The van der Waals surface area contributed by atoms with Gasteiger partial charge in [0.15, 0.2) is 0 Å². The summed E-state index contributed by atoms with van der Waals surface area (Å²) in [5.41, 5.74) is 3.10. The molecule has 1 heterocycles. The number of benzene rings is 3. The summed E-state index contributed by atoms with van der Waals surface area (Å²) < 4.78 is 0. The average molecular weight is 261 g/mol. The summed E-state index contributed by atoms with van der Waals surface area (Å²) in [6.45, 7) is 0. The largest absolute Gasteiger partial charge is 0.507 e. The van der Waals surface area contributed by atoms with Gasteiger partial charge in [-0.1, -0.05) is 42.5 Å². The van der Waals surface area contributed by atoms with Gasteiger partial charge in [0.05, 0.1) is 5.56 Å². The monoisotopic (exact) mass is 261 g/mol.